The first-order chi connectivity index (χ1) is 12.1. The molecule has 4 aromatic rings. The maximum absolute atomic E-state index is 12.7. The number of halogens is 2. The molecule has 0 saturated heterocycles. The zero-order chi connectivity index (χ0) is 17.4. The van der Waals surface area contributed by atoms with Gasteiger partial charge < -0.3 is 0 Å². The number of rotatable bonds is 3. The molecular weight excluding hydrogens is 359 g/mol. The van der Waals surface area contributed by atoms with Gasteiger partial charge in [0.2, 0.25) is 0 Å². The molecule has 0 spiro atoms. The largest absolute Gasteiger partial charge is 0.294 e. The van der Waals surface area contributed by atoms with Crippen LogP contribution in [0.4, 0.5) is 0 Å². The Bertz CT molecular complexity index is 1100. The van der Waals surface area contributed by atoms with Crippen molar-refractivity contribution >= 4 is 34.2 Å². The molecule has 4 rings (SSSR count). The molecule has 2 heterocycles. The Labute approximate surface area is 153 Å². The lowest BCUT2D eigenvalue weighted by Gasteiger charge is -2.07. The van der Waals surface area contributed by atoms with Crippen molar-refractivity contribution in [2.75, 3.05) is 0 Å². The first kappa shape index (κ1) is 15.9. The average molecular weight is 371 g/mol. The maximum Gasteiger partial charge on any atom is 0.264 e. The van der Waals surface area contributed by atoms with Crippen LogP contribution in [-0.4, -0.2) is 19.3 Å². The number of aromatic nitrogens is 4. The van der Waals surface area contributed by atoms with Gasteiger partial charge in [-0.15, -0.1) is 0 Å². The number of nitrogens with zero attached hydrogens (tertiary/aromatic N) is 4. The number of fused-ring (bicyclic) bond motifs is 1. The van der Waals surface area contributed by atoms with E-state index in [-0.39, 0.29) is 5.56 Å². The first-order valence-corrected chi connectivity index (χ1v) is 8.31. The molecule has 0 aliphatic heterocycles. The van der Waals surface area contributed by atoms with Crippen molar-refractivity contribution in [2.45, 2.75) is 6.54 Å². The molecule has 0 aliphatic rings. The average Bonchev–Trinajstić information content (AvgIpc) is 3.05. The van der Waals surface area contributed by atoms with E-state index in [1.54, 1.807) is 33.5 Å². The van der Waals surface area contributed by atoms with Crippen molar-refractivity contribution in [1.29, 1.82) is 0 Å². The monoisotopic (exact) mass is 370 g/mol. The maximum atomic E-state index is 12.7. The molecular formula is C18H12Cl2N4O. The van der Waals surface area contributed by atoms with Crippen LogP contribution in [0.15, 0.2) is 65.8 Å². The summed E-state index contributed by atoms with van der Waals surface area (Å²) < 4.78 is 3.18. The van der Waals surface area contributed by atoms with Gasteiger partial charge in [0.1, 0.15) is 11.7 Å². The minimum Gasteiger partial charge on any atom is -0.294 e. The standard InChI is InChI=1S/C18H12Cl2N4O/c19-13-3-1-12(2-4-13)10-23-11-21-17-16(18(23)25)9-22-24(17)15-7-5-14(20)6-8-15/h1-9,11H,10H2. The summed E-state index contributed by atoms with van der Waals surface area (Å²) in [5.41, 5.74) is 2.14. The molecule has 0 unspecified atom stereocenters. The van der Waals surface area contributed by atoms with Gasteiger partial charge in [-0.1, -0.05) is 35.3 Å². The van der Waals surface area contributed by atoms with Gasteiger partial charge in [0.15, 0.2) is 5.65 Å². The summed E-state index contributed by atoms with van der Waals surface area (Å²) in [6.45, 7) is 0.422. The molecule has 0 atom stereocenters. The summed E-state index contributed by atoms with van der Waals surface area (Å²) in [6, 6.07) is 14.6. The van der Waals surface area contributed by atoms with Crippen molar-refractivity contribution in [1.82, 2.24) is 19.3 Å². The van der Waals surface area contributed by atoms with Crippen molar-refractivity contribution < 1.29 is 0 Å². The van der Waals surface area contributed by atoms with E-state index in [4.69, 9.17) is 23.2 Å². The highest BCUT2D eigenvalue weighted by molar-refractivity contribution is 6.30. The van der Waals surface area contributed by atoms with E-state index in [0.29, 0.717) is 27.6 Å². The van der Waals surface area contributed by atoms with Gasteiger partial charge in [0.05, 0.1) is 18.4 Å². The normalized spacial score (nSPS) is 11.1. The Hall–Kier alpha value is -2.63. The molecule has 2 aromatic carbocycles. The molecule has 25 heavy (non-hydrogen) atoms. The smallest absolute Gasteiger partial charge is 0.264 e. The fourth-order valence-electron chi connectivity index (χ4n) is 2.62. The van der Waals surface area contributed by atoms with Crippen LogP contribution in [0.2, 0.25) is 10.0 Å². The molecule has 7 heteroatoms. The second-order valence-electron chi connectivity index (χ2n) is 5.57. The van der Waals surface area contributed by atoms with Crippen LogP contribution in [0.1, 0.15) is 5.56 Å². The highest BCUT2D eigenvalue weighted by atomic mass is 35.5. The molecule has 0 bridgehead atoms. The summed E-state index contributed by atoms with van der Waals surface area (Å²) in [5, 5.41) is 6.06. The quantitative estimate of drug-likeness (QED) is 0.548. The fourth-order valence-corrected chi connectivity index (χ4v) is 2.87. The van der Waals surface area contributed by atoms with Gasteiger partial charge in [-0.3, -0.25) is 9.36 Å². The summed E-state index contributed by atoms with van der Waals surface area (Å²) in [5.74, 6) is 0. The van der Waals surface area contributed by atoms with E-state index in [9.17, 15) is 4.79 Å². The second kappa shape index (κ2) is 6.35. The second-order valence-corrected chi connectivity index (χ2v) is 6.45. The lowest BCUT2D eigenvalue weighted by atomic mass is 10.2. The number of benzene rings is 2. The van der Waals surface area contributed by atoms with Crippen molar-refractivity contribution in [3.8, 4) is 5.69 Å². The summed E-state index contributed by atoms with van der Waals surface area (Å²) in [6.07, 6.45) is 3.07. The van der Waals surface area contributed by atoms with Crippen molar-refractivity contribution in [3.63, 3.8) is 0 Å². The Morgan fingerprint density at radius 2 is 1.56 bits per heavy atom. The van der Waals surface area contributed by atoms with Crippen LogP contribution >= 0.6 is 23.2 Å². The molecule has 5 nitrogen and oxygen atoms in total. The molecule has 0 aliphatic carbocycles. The number of hydrogen-bond acceptors (Lipinski definition) is 3. The van der Waals surface area contributed by atoms with Crippen LogP contribution in [0.5, 0.6) is 0 Å². The minimum absolute atomic E-state index is 0.139. The third-order valence-electron chi connectivity index (χ3n) is 3.89. The van der Waals surface area contributed by atoms with E-state index in [1.807, 2.05) is 24.3 Å². The molecule has 0 saturated carbocycles. The lowest BCUT2D eigenvalue weighted by molar-refractivity contribution is 0.745. The highest BCUT2D eigenvalue weighted by Crippen LogP contribution is 2.17. The van der Waals surface area contributed by atoms with Gasteiger partial charge in [0, 0.05) is 10.0 Å². The SMILES string of the molecule is O=c1c2cnn(-c3ccc(Cl)cc3)c2ncn1Cc1ccc(Cl)cc1. The van der Waals surface area contributed by atoms with Crippen molar-refractivity contribution in [2.24, 2.45) is 0 Å². The molecule has 0 amide bonds. The Morgan fingerprint density at radius 3 is 2.24 bits per heavy atom. The highest BCUT2D eigenvalue weighted by Gasteiger charge is 2.11. The van der Waals surface area contributed by atoms with Crippen LogP contribution in [0.3, 0.4) is 0 Å². The lowest BCUT2D eigenvalue weighted by Crippen LogP contribution is -2.21. The summed E-state index contributed by atoms with van der Waals surface area (Å²) in [4.78, 5) is 17.1. The Kier molecular flexibility index (Phi) is 4.03. The summed E-state index contributed by atoms with van der Waals surface area (Å²) >= 11 is 11.8. The van der Waals surface area contributed by atoms with Gasteiger partial charge in [-0.05, 0) is 42.0 Å². The van der Waals surface area contributed by atoms with Gasteiger partial charge in [-0.2, -0.15) is 5.10 Å². The number of hydrogen-bond donors (Lipinski definition) is 0. The Morgan fingerprint density at radius 1 is 0.920 bits per heavy atom. The van der Waals surface area contributed by atoms with Gasteiger partial charge in [-0.25, -0.2) is 9.67 Å². The van der Waals surface area contributed by atoms with Crippen LogP contribution in [0.25, 0.3) is 16.7 Å². The molecule has 0 fully saturated rings. The fraction of sp³-hybridized carbons (Fsp3) is 0.0556. The molecule has 0 N–H and O–H groups in total. The summed E-state index contributed by atoms with van der Waals surface area (Å²) in [7, 11) is 0. The topological polar surface area (TPSA) is 52.7 Å². The van der Waals surface area contributed by atoms with E-state index >= 15 is 0 Å². The molecule has 0 radical (unpaired) electrons. The van der Waals surface area contributed by atoms with E-state index in [0.717, 1.165) is 11.3 Å². The van der Waals surface area contributed by atoms with Crippen LogP contribution in [-0.2, 0) is 6.54 Å². The predicted molar refractivity (Wildman–Crippen MR) is 98.7 cm³/mol. The van der Waals surface area contributed by atoms with E-state index in [2.05, 4.69) is 10.1 Å². The first-order valence-electron chi connectivity index (χ1n) is 7.55. The van der Waals surface area contributed by atoms with Gasteiger partial charge >= 0.3 is 0 Å². The Balaban J connectivity index is 1.75. The zero-order valence-electron chi connectivity index (χ0n) is 12.9. The van der Waals surface area contributed by atoms with Crippen molar-refractivity contribution in [3.05, 3.63) is 87.0 Å². The predicted octanol–water partition coefficient (Wildman–Crippen LogP) is 3.94. The van der Waals surface area contributed by atoms with E-state index in [1.165, 1.54) is 12.5 Å². The minimum atomic E-state index is -0.139. The van der Waals surface area contributed by atoms with Crippen LogP contribution in [0, 0.1) is 0 Å². The molecule has 2 aromatic heterocycles. The van der Waals surface area contributed by atoms with Gasteiger partial charge in [0.25, 0.3) is 5.56 Å². The van der Waals surface area contributed by atoms with Crippen LogP contribution < -0.4 is 5.56 Å². The third-order valence-corrected chi connectivity index (χ3v) is 4.40. The third kappa shape index (κ3) is 3.04. The zero-order valence-corrected chi connectivity index (χ0v) is 14.4. The van der Waals surface area contributed by atoms with E-state index < -0.39 is 0 Å². The molecule has 124 valence electrons.